The van der Waals surface area contributed by atoms with Crippen LogP contribution in [0.1, 0.15) is 33.0 Å². The van der Waals surface area contributed by atoms with Crippen LogP contribution in [0, 0.1) is 12.8 Å². The molecule has 1 aromatic rings. The molecule has 6 nitrogen and oxygen atoms in total. The van der Waals surface area contributed by atoms with E-state index >= 15 is 0 Å². The summed E-state index contributed by atoms with van der Waals surface area (Å²) < 4.78 is 27.0. The number of nitrogens with two attached hydrogens (primary N) is 1. The van der Waals surface area contributed by atoms with Crippen LogP contribution in [-0.2, 0) is 10.0 Å². The summed E-state index contributed by atoms with van der Waals surface area (Å²) in [6, 6.07) is 0. The van der Waals surface area contributed by atoms with E-state index in [4.69, 9.17) is 5.73 Å². The Morgan fingerprint density at radius 1 is 1.56 bits per heavy atom. The Bertz CT molecular complexity index is 495. The summed E-state index contributed by atoms with van der Waals surface area (Å²) >= 11 is 0. The quantitative estimate of drug-likeness (QED) is 0.713. The zero-order valence-electron chi connectivity index (χ0n) is 11.3. The number of aromatic nitrogens is 2. The average molecular weight is 274 g/mol. The first-order chi connectivity index (χ1) is 8.18. The van der Waals surface area contributed by atoms with Gasteiger partial charge in [-0.15, -0.1) is 0 Å². The molecule has 1 unspecified atom stereocenters. The minimum atomic E-state index is -3.60. The van der Waals surface area contributed by atoms with Gasteiger partial charge in [-0.3, -0.25) is 0 Å². The molecule has 1 atom stereocenters. The van der Waals surface area contributed by atoms with Crippen molar-refractivity contribution in [1.82, 2.24) is 14.7 Å². The molecule has 104 valence electrons. The molecular weight excluding hydrogens is 252 g/mol. The summed E-state index contributed by atoms with van der Waals surface area (Å²) in [5.41, 5.74) is 5.05. The number of rotatable bonds is 6. The molecule has 0 saturated heterocycles. The van der Waals surface area contributed by atoms with Crippen molar-refractivity contribution in [2.24, 2.45) is 11.7 Å². The van der Waals surface area contributed by atoms with Crippen LogP contribution >= 0.6 is 0 Å². The first-order valence-corrected chi connectivity index (χ1v) is 7.42. The fourth-order valence-corrected chi connectivity index (χ4v) is 3.38. The molecule has 4 N–H and O–H groups in total. The van der Waals surface area contributed by atoms with Gasteiger partial charge in [-0.2, -0.15) is 0 Å². The maximum atomic E-state index is 12.2. The van der Waals surface area contributed by atoms with Gasteiger partial charge in [0.05, 0.1) is 6.20 Å². The maximum Gasteiger partial charge on any atom is 0.258 e. The highest BCUT2D eigenvalue weighted by Gasteiger charge is 2.31. The van der Waals surface area contributed by atoms with Gasteiger partial charge in [-0.25, -0.2) is 18.1 Å². The molecule has 0 radical (unpaired) electrons. The number of aryl methyl sites for hydroxylation is 1. The minimum Gasteiger partial charge on any atom is -0.332 e. The van der Waals surface area contributed by atoms with Gasteiger partial charge in [0.25, 0.3) is 10.0 Å². The van der Waals surface area contributed by atoms with Crippen LogP contribution in [0.5, 0.6) is 0 Å². The summed E-state index contributed by atoms with van der Waals surface area (Å²) in [4.78, 5) is 6.61. The van der Waals surface area contributed by atoms with Crippen LogP contribution in [-0.4, -0.2) is 30.5 Å². The highest BCUT2D eigenvalue weighted by Crippen LogP contribution is 2.18. The van der Waals surface area contributed by atoms with Crippen LogP contribution in [0.25, 0.3) is 0 Å². The zero-order chi connectivity index (χ0) is 14.0. The second-order valence-electron chi connectivity index (χ2n) is 5.30. The smallest absolute Gasteiger partial charge is 0.258 e. The fraction of sp³-hybridized carbons (Fsp3) is 0.727. The SMILES string of the molecule is Cc1ncc(S(=O)(=O)NC(C)(CN)CC(C)C)[nH]1. The maximum absolute atomic E-state index is 12.2. The average Bonchev–Trinajstić information content (AvgIpc) is 2.63. The Morgan fingerprint density at radius 3 is 2.56 bits per heavy atom. The van der Waals surface area contributed by atoms with Gasteiger partial charge in [0.15, 0.2) is 5.03 Å². The second-order valence-corrected chi connectivity index (χ2v) is 6.95. The second kappa shape index (κ2) is 5.38. The summed E-state index contributed by atoms with van der Waals surface area (Å²) in [6.07, 6.45) is 1.99. The normalized spacial score (nSPS) is 15.9. The van der Waals surface area contributed by atoms with Crippen molar-refractivity contribution in [2.45, 2.75) is 44.7 Å². The van der Waals surface area contributed by atoms with E-state index in [2.05, 4.69) is 14.7 Å². The van der Waals surface area contributed by atoms with Gasteiger partial charge < -0.3 is 10.7 Å². The molecular formula is C11H22N4O2S. The van der Waals surface area contributed by atoms with Gasteiger partial charge in [-0.05, 0) is 26.2 Å². The third-order valence-electron chi connectivity index (χ3n) is 2.66. The molecule has 0 aliphatic rings. The van der Waals surface area contributed by atoms with E-state index in [1.165, 1.54) is 6.20 Å². The molecule has 0 fully saturated rings. The lowest BCUT2D eigenvalue weighted by molar-refractivity contribution is 0.344. The number of aromatic amines is 1. The van der Waals surface area contributed by atoms with Crippen molar-refractivity contribution in [3.05, 3.63) is 12.0 Å². The summed E-state index contributed by atoms with van der Waals surface area (Å²) in [6.45, 7) is 7.83. The first-order valence-electron chi connectivity index (χ1n) is 5.94. The number of imidazole rings is 1. The lowest BCUT2D eigenvalue weighted by Crippen LogP contribution is -2.52. The van der Waals surface area contributed by atoms with Crippen molar-refractivity contribution >= 4 is 10.0 Å². The lowest BCUT2D eigenvalue weighted by Gasteiger charge is -2.30. The molecule has 1 rings (SSSR count). The Balaban J connectivity index is 2.94. The van der Waals surface area contributed by atoms with Gasteiger partial charge >= 0.3 is 0 Å². The van der Waals surface area contributed by atoms with Crippen molar-refractivity contribution in [2.75, 3.05) is 6.54 Å². The van der Waals surface area contributed by atoms with Gasteiger partial charge in [0.2, 0.25) is 0 Å². The molecule has 0 spiro atoms. The largest absolute Gasteiger partial charge is 0.332 e. The topological polar surface area (TPSA) is 101 Å². The number of hydrogen-bond donors (Lipinski definition) is 3. The van der Waals surface area contributed by atoms with Crippen molar-refractivity contribution in [3.63, 3.8) is 0 Å². The van der Waals surface area contributed by atoms with Crippen LogP contribution in [0.4, 0.5) is 0 Å². The van der Waals surface area contributed by atoms with Crippen molar-refractivity contribution < 1.29 is 8.42 Å². The van der Waals surface area contributed by atoms with E-state index in [-0.39, 0.29) is 11.6 Å². The Labute approximate surface area is 108 Å². The van der Waals surface area contributed by atoms with E-state index in [0.29, 0.717) is 18.2 Å². The van der Waals surface area contributed by atoms with E-state index in [0.717, 1.165) is 0 Å². The lowest BCUT2D eigenvalue weighted by atomic mass is 9.92. The van der Waals surface area contributed by atoms with E-state index < -0.39 is 15.6 Å². The fourth-order valence-electron chi connectivity index (χ4n) is 1.98. The monoisotopic (exact) mass is 274 g/mol. The molecule has 0 aromatic carbocycles. The molecule has 0 aliphatic carbocycles. The van der Waals surface area contributed by atoms with Crippen molar-refractivity contribution in [1.29, 1.82) is 0 Å². The van der Waals surface area contributed by atoms with Crippen LogP contribution in [0.2, 0.25) is 0 Å². The zero-order valence-corrected chi connectivity index (χ0v) is 12.1. The molecule has 0 aliphatic heterocycles. The summed E-state index contributed by atoms with van der Waals surface area (Å²) in [5, 5.41) is 0.0726. The number of sulfonamides is 1. The standard InChI is InChI=1S/C11H22N4O2S/c1-8(2)5-11(4,7-12)15-18(16,17)10-6-13-9(3)14-10/h6,8,15H,5,7,12H2,1-4H3,(H,13,14). The molecule has 0 bridgehead atoms. The minimum absolute atomic E-state index is 0.0726. The number of nitrogens with zero attached hydrogens (tertiary/aromatic N) is 1. The third kappa shape index (κ3) is 3.79. The summed E-state index contributed by atoms with van der Waals surface area (Å²) in [5.74, 6) is 0.915. The van der Waals surface area contributed by atoms with Gasteiger partial charge in [0, 0.05) is 12.1 Å². The molecule has 18 heavy (non-hydrogen) atoms. The van der Waals surface area contributed by atoms with Crippen LogP contribution in [0.3, 0.4) is 0 Å². The number of hydrogen-bond acceptors (Lipinski definition) is 4. The summed E-state index contributed by atoms with van der Waals surface area (Å²) in [7, 11) is -3.60. The first kappa shape index (κ1) is 15.1. The predicted molar refractivity (Wildman–Crippen MR) is 70.6 cm³/mol. The Kier molecular flexibility index (Phi) is 4.52. The van der Waals surface area contributed by atoms with Crippen molar-refractivity contribution in [3.8, 4) is 0 Å². The Hall–Kier alpha value is -0.920. The molecule has 1 heterocycles. The van der Waals surface area contributed by atoms with Gasteiger partial charge in [0.1, 0.15) is 5.82 Å². The Morgan fingerprint density at radius 2 is 2.17 bits per heavy atom. The van der Waals surface area contributed by atoms with E-state index in [1.54, 1.807) is 6.92 Å². The number of H-pyrrole nitrogens is 1. The van der Waals surface area contributed by atoms with E-state index in [9.17, 15) is 8.42 Å². The van der Waals surface area contributed by atoms with Crippen LogP contribution in [0.15, 0.2) is 11.2 Å². The molecule has 0 amide bonds. The number of nitrogens with one attached hydrogen (secondary N) is 2. The highest BCUT2D eigenvalue weighted by atomic mass is 32.2. The molecule has 0 saturated carbocycles. The van der Waals surface area contributed by atoms with Crippen LogP contribution < -0.4 is 10.5 Å². The van der Waals surface area contributed by atoms with Gasteiger partial charge in [-0.1, -0.05) is 13.8 Å². The third-order valence-corrected chi connectivity index (χ3v) is 4.21. The predicted octanol–water partition coefficient (Wildman–Crippen LogP) is 0.760. The molecule has 7 heteroatoms. The van der Waals surface area contributed by atoms with E-state index in [1.807, 2.05) is 20.8 Å². The molecule has 1 aromatic heterocycles. The highest BCUT2D eigenvalue weighted by molar-refractivity contribution is 7.89.